The number of pyridine rings is 1. The van der Waals surface area contributed by atoms with E-state index in [2.05, 4.69) is 16.8 Å². The highest BCUT2D eigenvalue weighted by atomic mass is 32.2. The maximum atomic E-state index is 14.5. The highest BCUT2D eigenvalue weighted by Gasteiger charge is 2.50. The number of aliphatic hydroxyl groups excluding tert-OH is 1. The molecule has 0 unspecified atom stereocenters. The Balaban J connectivity index is 1.61. The molecule has 5 rings (SSSR count). The first-order valence-electron chi connectivity index (χ1n) is 11.1. The first-order valence-corrected chi connectivity index (χ1v) is 12.5. The van der Waals surface area contributed by atoms with Crippen LogP contribution in [0.2, 0.25) is 0 Å². The van der Waals surface area contributed by atoms with E-state index in [4.69, 9.17) is 0 Å². The minimum atomic E-state index is -4.09. The summed E-state index contributed by atoms with van der Waals surface area (Å²) in [5.41, 5.74) is 3.17. The van der Waals surface area contributed by atoms with Gasteiger partial charge in [0.1, 0.15) is 10.7 Å². The van der Waals surface area contributed by atoms with Gasteiger partial charge in [0.05, 0.1) is 18.7 Å². The van der Waals surface area contributed by atoms with Crippen LogP contribution in [0.1, 0.15) is 29.2 Å². The zero-order valence-electron chi connectivity index (χ0n) is 18.6. The summed E-state index contributed by atoms with van der Waals surface area (Å²) in [4.78, 5) is 5.75. The Morgan fingerprint density at radius 1 is 1.12 bits per heavy atom. The summed E-state index contributed by atoms with van der Waals surface area (Å²) in [6, 6.07) is 14.1. The largest absolute Gasteiger partial charge is 0.394 e. The number of hydrogen-bond donors (Lipinski definition) is 1. The van der Waals surface area contributed by atoms with E-state index in [-0.39, 0.29) is 30.0 Å². The number of nitrogens with zero attached hydrogens (tertiary/aromatic N) is 3. The van der Waals surface area contributed by atoms with Crippen LogP contribution in [-0.2, 0) is 10.0 Å². The van der Waals surface area contributed by atoms with E-state index in [1.807, 2.05) is 42.3 Å². The van der Waals surface area contributed by atoms with E-state index in [0.717, 1.165) is 28.4 Å². The van der Waals surface area contributed by atoms with Gasteiger partial charge in [0.25, 0.3) is 0 Å². The zero-order valence-corrected chi connectivity index (χ0v) is 19.4. The van der Waals surface area contributed by atoms with Crippen LogP contribution in [0, 0.1) is 23.6 Å². The van der Waals surface area contributed by atoms with E-state index in [1.54, 1.807) is 12.4 Å². The number of sulfonamides is 1. The molecule has 174 valence electrons. The number of aliphatic hydroxyl groups is 1. The molecule has 1 fully saturated rings. The number of hydrogen-bond acceptors (Lipinski definition) is 5. The smallest absolute Gasteiger partial charge is 0.246 e. The third-order valence-corrected chi connectivity index (χ3v) is 8.65. The number of benzene rings is 2. The van der Waals surface area contributed by atoms with Crippen molar-refractivity contribution in [1.82, 2.24) is 9.29 Å². The minimum absolute atomic E-state index is 0.104. The maximum Gasteiger partial charge on any atom is 0.246 e. The molecule has 6 nitrogen and oxygen atoms in total. The Hall–Kier alpha value is -3.25. The van der Waals surface area contributed by atoms with E-state index < -0.39 is 21.9 Å². The summed E-state index contributed by atoms with van der Waals surface area (Å²) in [6.45, 7) is 0.147. The van der Waals surface area contributed by atoms with Crippen molar-refractivity contribution in [1.29, 1.82) is 0 Å². The Labute approximate surface area is 198 Å². The van der Waals surface area contributed by atoms with Crippen molar-refractivity contribution in [3.63, 3.8) is 0 Å². The van der Waals surface area contributed by atoms with Crippen molar-refractivity contribution in [2.24, 2.45) is 5.92 Å². The molecule has 0 saturated carbocycles. The number of aromatic nitrogens is 1. The second kappa shape index (κ2) is 8.84. The van der Waals surface area contributed by atoms with Crippen LogP contribution in [0.15, 0.2) is 71.9 Å². The van der Waals surface area contributed by atoms with Gasteiger partial charge < -0.3 is 10.0 Å². The normalized spacial score (nSPS) is 22.0. The van der Waals surface area contributed by atoms with Gasteiger partial charge in [0.2, 0.25) is 10.0 Å². The summed E-state index contributed by atoms with van der Waals surface area (Å²) in [5, 5.41) is 10.2. The molecule has 8 heteroatoms. The molecule has 0 amide bonds. The molecule has 3 aromatic rings. The fraction of sp³-hybridized carbons (Fsp3) is 0.269. The average Bonchev–Trinajstić information content (AvgIpc) is 3.30. The van der Waals surface area contributed by atoms with Gasteiger partial charge in [0.15, 0.2) is 0 Å². The fourth-order valence-electron chi connectivity index (χ4n) is 5.12. The number of fused-ring (bicyclic) bond motifs is 3. The highest BCUT2D eigenvalue weighted by Crippen LogP contribution is 2.50. The van der Waals surface area contributed by atoms with Gasteiger partial charge in [-0.2, -0.15) is 4.31 Å². The predicted octanol–water partition coefficient (Wildman–Crippen LogP) is 3.18. The van der Waals surface area contributed by atoms with Crippen molar-refractivity contribution in [3.05, 3.63) is 89.5 Å². The molecule has 2 aliphatic rings. The van der Waals surface area contributed by atoms with Crippen molar-refractivity contribution in [3.8, 4) is 11.8 Å². The highest BCUT2D eigenvalue weighted by molar-refractivity contribution is 7.89. The SMILES string of the molecule is CN1c2ccc(C#Cc3cccnc3)cc2[C@@H]2[C@@H](CCN2S(=O)(=O)c2ccccc2F)[C@@H]1CO. The van der Waals surface area contributed by atoms with Crippen LogP contribution >= 0.6 is 0 Å². The molecule has 3 heterocycles. The Morgan fingerprint density at radius 2 is 1.91 bits per heavy atom. The molecule has 2 aromatic carbocycles. The molecule has 1 aromatic heterocycles. The van der Waals surface area contributed by atoms with Gasteiger partial charge in [-0.25, -0.2) is 12.8 Å². The Bertz CT molecular complexity index is 1390. The lowest BCUT2D eigenvalue weighted by Gasteiger charge is -2.44. The standard InChI is InChI=1S/C26H24FN3O3S/c1-29-23-11-10-18(8-9-19-5-4-13-28-16-19)15-21(23)26-20(24(29)17-31)12-14-30(26)34(32,33)25-7-3-2-6-22(25)27/h2-7,10-11,13,15-16,20,24,26,31H,12,14,17H2,1H3/t20-,24-,26-/m0/s1. The summed E-state index contributed by atoms with van der Waals surface area (Å²) in [7, 11) is -2.18. The number of anilines is 1. The third-order valence-electron chi connectivity index (χ3n) is 6.74. The van der Waals surface area contributed by atoms with Crippen molar-refractivity contribution in [2.75, 3.05) is 25.1 Å². The predicted molar refractivity (Wildman–Crippen MR) is 127 cm³/mol. The Kier molecular flexibility index (Phi) is 5.86. The summed E-state index contributed by atoms with van der Waals surface area (Å²) in [5.74, 6) is 5.32. The molecule has 2 aliphatic heterocycles. The first-order chi connectivity index (χ1) is 16.4. The maximum absolute atomic E-state index is 14.5. The first kappa shape index (κ1) is 22.5. The van der Waals surface area contributed by atoms with Crippen molar-refractivity contribution < 1.29 is 17.9 Å². The fourth-order valence-corrected chi connectivity index (χ4v) is 6.85. The summed E-state index contributed by atoms with van der Waals surface area (Å²) < 4.78 is 43.0. The molecule has 1 N–H and O–H groups in total. The Morgan fingerprint density at radius 3 is 2.65 bits per heavy atom. The average molecular weight is 478 g/mol. The van der Waals surface area contributed by atoms with Crippen molar-refractivity contribution >= 4 is 15.7 Å². The molecule has 0 radical (unpaired) electrons. The van der Waals surface area contributed by atoms with Gasteiger partial charge in [-0.15, -0.1) is 0 Å². The second-order valence-electron chi connectivity index (χ2n) is 8.57. The van der Waals surface area contributed by atoms with Gasteiger partial charge >= 0.3 is 0 Å². The zero-order chi connectivity index (χ0) is 23.9. The molecule has 1 saturated heterocycles. The summed E-state index contributed by atoms with van der Waals surface area (Å²) >= 11 is 0. The van der Waals surface area contributed by atoms with Crippen LogP contribution in [-0.4, -0.2) is 49.1 Å². The monoisotopic (exact) mass is 477 g/mol. The second-order valence-corrected chi connectivity index (χ2v) is 10.4. The van der Waals surface area contributed by atoms with Gasteiger partial charge in [-0.05, 0) is 54.4 Å². The topological polar surface area (TPSA) is 73.7 Å². The molecule has 3 atom stereocenters. The summed E-state index contributed by atoms with van der Waals surface area (Å²) in [6.07, 6.45) is 3.93. The van der Waals surface area contributed by atoms with Gasteiger partial charge in [0, 0.05) is 48.7 Å². The molecule has 0 bridgehead atoms. The van der Waals surface area contributed by atoms with E-state index in [9.17, 15) is 17.9 Å². The van der Waals surface area contributed by atoms with Crippen LogP contribution in [0.5, 0.6) is 0 Å². The van der Waals surface area contributed by atoms with Crippen LogP contribution in [0.25, 0.3) is 0 Å². The lowest BCUT2D eigenvalue weighted by atomic mass is 9.82. The number of rotatable bonds is 3. The molecule has 0 aliphatic carbocycles. The van der Waals surface area contributed by atoms with E-state index >= 15 is 0 Å². The van der Waals surface area contributed by atoms with E-state index in [0.29, 0.717) is 6.42 Å². The third kappa shape index (κ3) is 3.76. The minimum Gasteiger partial charge on any atom is -0.394 e. The van der Waals surface area contributed by atoms with Crippen LogP contribution in [0.4, 0.5) is 10.1 Å². The van der Waals surface area contributed by atoms with Crippen LogP contribution < -0.4 is 4.90 Å². The number of halogens is 1. The number of likely N-dealkylation sites (N-methyl/N-ethyl adjacent to an activating group) is 1. The van der Waals surface area contributed by atoms with Gasteiger partial charge in [-0.3, -0.25) is 4.98 Å². The molecular weight excluding hydrogens is 453 g/mol. The quantitative estimate of drug-likeness (QED) is 0.587. The van der Waals surface area contributed by atoms with Gasteiger partial charge in [-0.1, -0.05) is 24.0 Å². The molecular formula is C26H24FN3O3S. The van der Waals surface area contributed by atoms with Crippen LogP contribution in [0.3, 0.4) is 0 Å². The molecule has 34 heavy (non-hydrogen) atoms. The molecule has 0 spiro atoms. The lowest BCUT2D eigenvalue weighted by Crippen LogP contribution is -2.48. The van der Waals surface area contributed by atoms with Crippen molar-refractivity contribution in [2.45, 2.75) is 23.4 Å². The van der Waals surface area contributed by atoms with E-state index in [1.165, 1.54) is 22.5 Å². The lowest BCUT2D eigenvalue weighted by molar-refractivity contribution is 0.193.